The zero-order chi connectivity index (χ0) is 25.5. The molecule has 2 N–H and O–H groups in total. The van der Waals surface area contributed by atoms with Crippen LogP contribution in [0.15, 0.2) is 30.6 Å². The van der Waals surface area contributed by atoms with E-state index in [-0.39, 0.29) is 42.9 Å². The van der Waals surface area contributed by atoms with E-state index in [2.05, 4.69) is 10.4 Å². The Bertz CT molecular complexity index is 1230. The van der Waals surface area contributed by atoms with Gasteiger partial charge in [-0.3, -0.25) is 14.3 Å². The van der Waals surface area contributed by atoms with Gasteiger partial charge in [0.25, 0.3) is 11.8 Å². The fourth-order valence-electron chi connectivity index (χ4n) is 6.12. The molecule has 1 aromatic carbocycles. The van der Waals surface area contributed by atoms with E-state index in [9.17, 15) is 27.9 Å². The first-order valence-corrected chi connectivity index (χ1v) is 12.2. The number of rotatable bonds is 4. The van der Waals surface area contributed by atoms with E-state index in [4.69, 9.17) is 16.3 Å². The molecule has 1 unspecified atom stereocenters. The van der Waals surface area contributed by atoms with Gasteiger partial charge in [-0.1, -0.05) is 11.6 Å². The van der Waals surface area contributed by atoms with Crippen molar-refractivity contribution in [2.45, 2.75) is 61.6 Å². The maximum Gasteiger partial charge on any atom is 0.393 e. The highest BCUT2D eigenvalue weighted by atomic mass is 35.5. The van der Waals surface area contributed by atoms with Crippen LogP contribution in [-0.2, 0) is 10.3 Å². The van der Waals surface area contributed by atoms with Crippen LogP contribution >= 0.6 is 11.6 Å². The van der Waals surface area contributed by atoms with Crippen LogP contribution in [0.25, 0.3) is 0 Å². The Balaban J connectivity index is 1.05. The van der Waals surface area contributed by atoms with Gasteiger partial charge < -0.3 is 20.1 Å². The fraction of sp³-hybridized carbons (Fsp3) is 0.542. The predicted molar refractivity (Wildman–Crippen MR) is 120 cm³/mol. The standard InChI is InChI=1S/C24H24ClF3N4O4/c25-15-1-2-18-16(5-15)17(33)6-19(36-18)20(34)30-22-10-23(11-22,12-22)32-8-13(7-29-32)21(35)31-4-3-14(9-31)24(26,27)28/h1-2,5,7-8,14,17,19,33H,3-4,6,9-12H2,(H,30,34)/t14?,17-,19-,22?,23?/m1/s1. The van der Waals surface area contributed by atoms with Crippen molar-refractivity contribution < 1.29 is 32.6 Å². The minimum absolute atomic E-state index is 0.0733. The highest BCUT2D eigenvalue weighted by molar-refractivity contribution is 6.30. The Kier molecular flexibility index (Phi) is 5.15. The van der Waals surface area contributed by atoms with Crippen molar-refractivity contribution in [2.75, 3.05) is 13.1 Å². The number of fused-ring (bicyclic) bond motifs is 1. The molecule has 5 aliphatic rings. The number of nitrogens with one attached hydrogen (secondary N) is 1. The van der Waals surface area contributed by atoms with Crippen molar-refractivity contribution in [1.82, 2.24) is 20.0 Å². The Labute approximate surface area is 209 Å². The molecule has 0 radical (unpaired) electrons. The Morgan fingerprint density at radius 1 is 1.25 bits per heavy atom. The van der Waals surface area contributed by atoms with Crippen molar-refractivity contribution in [2.24, 2.45) is 5.92 Å². The smallest absolute Gasteiger partial charge is 0.393 e. The summed E-state index contributed by atoms with van der Waals surface area (Å²) < 4.78 is 46.4. The monoisotopic (exact) mass is 524 g/mol. The van der Waals surface area contributed by atoms with Gasteiger partial charge in [0.05, 0.1) is 29.3 Å². The van der Waals surface area contributed by atoms with Gasteiger partial charge in [0.1, 0.15) is 5.75 Å². The summed E-state index contributed by atoms with van der Waals surface area (Å²) in [4.78, 5) is 26.8. The summed E-state index contributed by atoms with van der Waals surface area (Å²) in [5.74, 6) is -1.80. The minimum Gasteiger partial charge on any atom is -0.480 e. The Morgan fingerprint density at radius 2 is 2.00 bits per heavy atom. The second kappa shape index (κ2) is 7.85. The molecule has 36 heavy (non-hydrogen) atoms. The number of carbonyl (C=O) groups excluding carboxylic acids is 2. The molecule has 3 saturated carbocycles. The first kappa shape index (κ1) is 23.6. The summed E-state index contributed by atoms with van der Waals surface area (Å²) in [5.41, 5.74) is 0.116. The quantitative estimate of drug-likeness (QED) is 0.640. The van der Waals surface area contributed by atoms with E-state index in [1.165, 1.54) is 11.1 Å². The Hall–Kier alpha value is -2.79. The van der Waals surface area contributed by atoms with Crippen molar-refractivity contribution in [3.05, 3.63) is 46.7 Å². The number of amides is 2. The van der Waals surface area contributed by atoms with Crippen LogP contribution in [0.3, 0.4) is 0 Å². The number of nitrogens with zero attached hydrogens (tertiary/aromatic N) is 3. The van der Waals surface area contributed by atoms with Crippen molar-refractivity contribution in [3.8, 4) is 5.75 Å². The number of carbonyl (C=O) groups is 2. The summed E-state index contributed by atoms with van der Waals surface area (Å²) >= 11 is 5.98. The third-order valence-electron chi connectivity index (χ3n) is 7.97. The number of aromatic nitrogens is 2. The van der Waals surface area contributed by atoms with Crippen molar-refractivity contribution >= 4 is 23.4 Å². The van der Waals surface area contributed by atoms with Crippen molar-refractivity contribution in [1.29, 1.82) is 0 Å². The van der Waals surface area contributed by atoms with E-state index in [0.717, 1.165) is 0 Å². The molecule has 2 aromatic rings. The normalized spacial score (nSPS) is 32.7. The van der Waals surface area contributed by atoms with Gasteiger partial charge >= 0.3 is 6.18 Å². The number of aliphatic hydroxyl groups is 1. The van der Waals surface area contributed by atoms with E-state index in [0.29, 0.717) is 35.6 Å². The topological polar surface area (TPSA) is 96.7 Å². The second-order valence-corrected chi connectivity index (χ2v) is 11.0. The molecular weight excluding hydrogens is 501 g/mol. The minimum atomic E-state index is -4.30. The molecule has 8 nitrogen and oxygen atoms in total. The average molecular weight is 525 g/mol. The molecule has 3 atom stereocenters. The molecule has 1 saturated heterocycles. The summed E-state index contributed by atoms with van der Waals surface area (Å²) in [6, 6.07) is 4.90. The van der Waals surface area contributed by atoms with Crippen LogP contribution in [0.1, 0.15) is 54.1 Å². The van der Waals surface area contributed by atoms with E-state index in [1.807, 2.05) is 0 Å². The number of aliphatic hydroxyl groups excluding tert-OH is 1. The van der Waals surface area contributed by atoms with E-state index in [1.54, 1.807) is 29.1 Å². The second-order valence-electron chi connectivity index (χ2n) is 10.5. The molecule has 3 heterocycles. The van der Waals surface area contributed by atoms with E-state index < -0.39 is 35.7 Å². The number of likely N-dealkylation sites (tertiary alicyclic amines) is 1. The lowest BCUT2D eigenvalue weighted by molar-refractivity contribution is -0.170. The highest BCUT2D eigenvalue weighted by Crippen LogP contribution is 2.65. The van der Waals surface area contributed by atoms with Gasteiger partial charge in [-0.15, -0.1) is 0 Å². The average Bonchev–Trinajstić information content (AvgIpc) is 3.45. The largest absolute Gasteiger partial charge is 0.480 e. The molecular formula is C24H24ClF3N4O4. The third-order valence-corrected chi connectivity index (χ3v) is 8.21. The van der Waals surface area contributed by atoms with Crippen LogP contribution < -0.4 is 10.1 Å². The zero-order valence-corrected chi connectivity index (χ0v) is 19.8. The first-order valence-electron chi connectivity index (χ1n) is 11.8. The third kappa shape index (κ3) is 3.75. The van der Waals surface area contributed by atoms with Gasteiger partial charge in [0.2, 0.25) is 0 Å². The maximum absolute atomic E-state index is 13.0. The number of alkyl halides is 3. The van der Waals surface area contributed by atoms with Gasteiger partial charge in [-0.25, -0.2) is 0 Å². The summed E-state index contributed by atoms with van der Waals surface area (Å²) in [5, 5.41) is 18.3. The molecule has 1 aromatic heterocycles. The SMILES string of the molecule is O=C(NC12CC(n3cc(C(=O)N4CCC(C(F)(F)F)C4)cn3)(C1)C2)[C@H]1C[C@@H](O)c2cc(Cl)ccc2O1. The molecule has 2 bridgehead atoms. The van der Waals surface area contributed by atoms with Gasteiger partial charge in [-0.05, 0) is 43.9 Å². The number of benzene rings is 1. The summed E-state index contributed by atoms with van der Waals surface area (Å²) in [6.07, 6.45) is -1.08. The molecule has 2 amide bonds. The van der Waals surface area contributed by atoms with Gasteiger partial charge in [0.15, 0.2) is 6.10 Å². The summed E-state index contributed by atoms with van der Waals surface area (Å²) in [7, 11) is 0. The molecule has 3 aliphatic carbocycles. The fourth-order valence-corrected chi connectivity index (χ4v) is 6.30. The van der Waals surface area contributed by atoms with Gasteiger partial charge in [-0.2, -0.15) is 18.3 Å². The van der Waals surface area contributed by atoms with Crippen LogP contribution in [0.4, 0.5) is 13.2 Å². The van der Waals surface area contributed by atoms with Crippen LogP contribution in [0, 0.1) is 5.92 Å². The first-order chi connectivity index (χ1) is 17.0. The van der Waals surface area contributed by atoms with Crippen LogP contribution in [0.5, 0.6) is 5.75 Å². The number of halogens is 4. The Morgan fingerprint density at radius 3 is 2.69 bits per heavy atom. The molecule has 4 fully saturated rings. The van der Waals surface area contributed by atoms with Crippen LogP contribution in [0.2, 0.25) is 5.02 Å². The number of ether oxygens (including phenoxy) is 1. The summed E-state index contributed by atoms with van der Waals surface area (Å²) in [6.45, 7) is -0.257. The lowest BCUT2D eigenvalue weighted by Crippen LogP contribution is -2.79. The molecule has 7 rings (SSSR count). The lowest BCUT2D eigenvalue weighted by Gasteiger charge is -2.70. The van der Waals surface area contributed by atoms with E-state index >= 15 is 0 Å². The van der Waals surface area contributed by atoms with Crippen LogP contribution in [-0.4, -0.2) is 62.5 Å². The molecule has 192 valence electrons. The molecule has 0 spiro atoms. The molecule has 2 aliphatic heterocycles. The van der Waals surface area contributed by atoms with Gasteiger partial charge in [0, 0.05) is 41.8 Å². The lowest BCUT2D eigenvalue weighted by atomic mass is 9.44. The highest BCUT2D eigenvalue weighted by Gasteiger charge is 2.70. The maximum atomic E-state index is 13.0. The number of hydrogen-bond donors (Lipinski definition) is 2. The molecule has 12 heteroatoms. The predicted octanol–water partition coefficient (Wildman–Crippen LogP) is 3.19. The number of hydrogen-bond acceptors (Lipinski definition) is 5. The van der Waals surface area contributed by atoms with Crippen molar-refractivity contribution in [3.63, 3.8) is 0 Å². The zero-order valence-electron chi connectivity index (χ0n) is 19.1.